The van der Waals surface area contributed by atoms with E-state index in [1.165, 1.54) is 11.8 Å². The normalized spacial score (nSPS) is 16.6. The Bertz CT molecular complexity index is 1020. The molecule has 1 aliphatic heterocycles. The average Bonchev–Trinajstić information content (AvgIpc) is 2.98. The van der Waals surface area contributed by atoms with Crippen LogP contribution in [0.2, 0.25) is 0 Å². The van der Waals surface area contributed by atoms with Gasteiger partial charge in [0.25, 0.3) is 5.91 Å². The average molecular weight is 550 g/mol. The summed E-state index contributed by atoms with van der Waals surface area (Å²) < 4.78 is 7.28. The Morgan fingerprint density at radius 3 is 2.40 bits per heavy atom. The molecule has 30 heavy (non-hydrogen) atoms. The second-order valence-electron chi connectivity index (χ2n) is 6.71. The quantitative estimate of drug-likeness (QED) is 0.287. The van der Waals surface area contributed by atoms with E-state index in [1.807, 2.05) is 57.2 Å². The monoisotopic (exact) mass is 548 g/mol. The van der Waals surface area contributed by atoms with Gasteiger partial charge in [-0.15, -0.1) is 0 Å². The van der Waals surface area contributed by atoms with Gasteiger partial charge in [-0.05, 0) is 99.3 Å². The number of likely N-dealkylation sites (N-methyl/N-ethyl adjacent to an activating group) is 1. The van der Waals surface area contributed by atoms with Crippen molar-refractivity contribution in [2.45, 2.75) is 20.8 Å². The topological polar surface area (TPSA) is 41.9 Å². The van der Waals surface area contributed by atoms with Gasteiger partial charge >= 0.3 is 0 Å². The van der Waals surface area contributed by atoms with Crippen LogP contribution < -0.4 is 4.74 Å². The lowest BCUT2D eigenvalue weighted by Gasteiger charge is -2.13. The van der Waals surface area contributed by atoms with Gasteiger partial charge in [0, 0.05) is 6.54 Å². The van der Waals surface area contributed by atoms with Crippen LogP contribution in [0.1, 0.15) is 23.6 Å². The lowest BCUT2D eigenvalue weighted by atomic mass is 10.1. The first-order chi connectivity index (χ1) is 14.3. The van der Waals surface area contributed by atoms with Gasteiger partial charge in [-0.3, -0.25) is 9.69 Å². The summed E-state index contributed by atoms with van der Waals surface area (Å²) in [6, 6.07) is 9.95. The number of ether oxygens (including phenoxy) is 1. The zero-order valence-corrected chi connectivity index (χ0v) is 21.0. The summed E-state index contributed by atoms with van der Waals surface area (Å²) in [5, 5.41) is 0.704. The second kappa shape index (κ2) is 9.98. The fourth-order valence-corrected chi connectivity index (χ4v) is 5.54. The molecule has 1 fully saturated rings. The van der Waals surface area contributed by atoms with E-state index in [0.717, 1.165) is 31.3 Å². The predicted molar refractivity (Wildman–Crippen MR) is 133 cm³/mol. The standard InChI is InChI=1S/C23H22Br2N2O2S/c1-5-10-29-21-17(24)11-16(12-18(21)25)13-19-22(28)27(6-2)23(30-19)26-20-14(3)8-7-9-15(20)4/h5,7-9,11-13H,1,6,10H2,2-4H3/b19-13+,26-23?. The molecule has 0 N–H and O–H groups in total. The van der Waals surface area contributed by atoms with E-state index >= 15 is 0 Å². The Hall–Kier alpha value is -1.83. The van der Waals surface area contributed by atoms with Crippen LogP contribution in [0.4, 0.5) is 5.69 Å². The molecule has 2 aromatic rings. The zero-order chi connectivity index (χ0) is 21.8. The number of nitrogens with zero attached hydrogens (tertiary/aromatic N) is 2. The van der Waals surface area contributed by atoms with Crippen molar-refractivity contribution in [2.75, 3.05) is 13.2 Å². The zero-order valence-electron chi connectivity index (χ0n) is 17.0. The maximum Gasteiger partial charge on any atom is 0.266 e. The summed E-state index contributed by atoms with van der Waals surface area (Å²) in [6.07, 6.45) is 3.58. The van der Waals surface area contributed by atoms with Crippen LogP contribution in [0.25, 0.3) is 6.08 Å². The predicted octanol–water partition coefficient (Wildman–Crippen LogP) is 7.02. The SMILES string of the molecule is C=CCOc1c(Br)cc(/C=C2/SC(=Nc3c(C)cccc3C)N(CC)C2=O)cc1Br. The fraction of sp³-hybridized carbons (Fsp3) is 0.217. The molecule has 0 saturated carbocycles. The number of halogens is 2. The number of amidine groups is 1. The van der Waals surface area contributed by atoms with Crippen molar-refractivity contribution in [3.8, 4) is 5.75 Å². The Morgan fingerprint density at radius 1 is 1.20 bits per heavy atom. The number of carbonyl (C=O) groups is 1. The number of amides is 1. The minimum Gasteiger partial charge on any atom is -0.487 e. The number of para-hydroxylation sites is 1. The first-order valence-corrected chi connectivity index (χ1v) is 11.8. The van der Waals surface area contributed by atoms with Gasteiger partial charge in [0.2, 0.25) is 0 Å². The maximum atomic E-state index is 13.0. The van der Waals surface area contributed by atoms with Crippen LogP contribution >= 0.6 is 43.6 Å². The van der Waals surface area contributed by atoms with Crippen LogP contribution in [0.15, 0.2) is 61.8 Å². The first-order valence-electron chi connectivity index (χ1n) is 9.44. The highest BCUT2D eigenvalue weighted by atomic mass is 79.9. The summed E-state index contributed by atoms with van der Waals surface area (Å²) in [6.45, 7) is 10.7. The van der Waals surface area contributed by atoms with Gasteiger partial charge in [-0.1, -0.05) is 30.9 Å². The molecule has 0 aliphatic carbocycles. The second-order valence-corrected chi connectivity index (χ2v) is 9.43. The lowest BCUT2D eigenvalue weighted by Crippen LogP contribution is -2.28. The molecule has 0 aromatic heterocycles. The molecule has 7 heteroatoms. The van der Waals surface area contributed by atoms with Gasteiger partial charge in [0.1, 0.15) is 12.4 Å². The minimum absolute atomic E-state index is 0.0354. The number of hydrogen-bond acceptors (Lipinski definition) is 4. The largest absolute Gasteiger partial charge is 0.487 e. The van der Waals surface area contributed by atoms with Crippen LogP contribution in [0, 0.1) is 13.8 Å². The van der Waals surface area contributed by atoms with Crippen molar-refractivity contribution < 1.29 is 9.53 Å². The molecule has 3 rings (SSSR count). The highest BCUT2D eigenvalue weighted by Gasteiger charge is 2.32. The maximum absolute atomic E-state index is 13.0. The summed E-state index contributed by atoms with van der Waals surface area (Å²) in [5.41, 5.74) is 3.99. The molecule has 0 radical (unpaired) electrons. The molecule has 156 valence electrons. The van der Waals surface area contributed by atoms with Crippen molar-refractivity contribution >= 4 is 66.5 Å². The highest BCUT2D eigenvalue weighted by molar-refractivity contribution is 9.11. The number of aliphatic imine (C=N–C) groups is 1. The van der Waals surface area contributed by atoms with Gasteiger partial charge < -0.3 is 4.74 Å². The summed E-state index contributed by atoms with van der Waals surface area (Å²) >= 11 is 8.49. The van der Waals surface area contributed by atoms with Crippen LogP contribution in [0.3, 0.4) is 0 Å². The molecule has 0 spiro atoms. The van der Waals surface area contributed by atoms with Crippen molar-refractivity contribution in [1.29, 1.82) is 0 Å². The Morgan fingerprint density at radius 2 is 1.83 bits per heavy atom. The number of carbonyl (C=O) groups excluding carboxylic acids is 1. The molecular weight excluding hydrogens is 528 g/mol. The first kappa shape index (κ1) is 22.8. The molecule has 1 saturated heterocycles. The van der Waals surface area contributed by atoms with Gasteiger partial charge in [0.15, 0.2) is 5.17 Å². The van der Waals surface area contributed by atoms with Crippen molar-refractivity contribution in [3.05, 3.63) is 73.5 Å². The van der Waals surface area contributed by atoms with Crippen LogP contribution in [0.5, 0.6) is 5.75 Å². The molecule has 0 unspecified atom stereocenters. The fourth-order valence-electron chi connectivity index (χ4n) is 3.04. The molecule has 1 amide bonds. The Kier molecular flexibility index (Phi) is 7.60. The summed E-state index contributed by atoms with van der Waals surface area (Å²) in [5.74, 6) is 0.668. The lowest BCUT2D eigenvalue weighted by molar-refractivity contribution is -0.122. The summed E-state index contributed by atoms with van der Waals surface area (Å²) in [4.78, 5) is 20.2. The number of thioether (sulfide) groups is 1. The van der Waals surface area contributed by atoms with E-state index in [-0.39, 0.29) is 5.91 Å². The van der Waals surface area contributed by atoms with Gasteiger partial charge in [0.05, 0.1) is 19.5 Å². The van der Waals surface area contributed by atoms with Crippen LogP contribution in [-0.4, -0.2) is 29.1 Å². The third kappa shape index (κ3) is 4.90. The molecule has 2 aromatic carbocycles. The van der Waals surface area contributed by atoms with E-state index in [2.05, 4.69) is 38.4 Å². The smallest absolute Gasteiger partial charge is 0.266 e. The van der Waals surface area contributed by atoms with E-state index in [1.54, 1.807) is 11.0 Å². The third-order valence-electron chi connectivity index (χ3n) is 4.52. The van der Waals surface area contributed by atoms with Crippen molar-refractivity contribution in [1.82, 2.24) is 4.90 Å². The number of hydrogen-bond donors (Lipinski definition) is 0. The summed E-state index contributed by atoms with van der Waals surface area (Å²) in [7, 11) is 0. The molecule has 1 aliphatic rings. The highest BCUT2D eigenvalue weighted by Crippen LogP contribution is 2.38. The van der Waals surface area contributed by atoms with Crippen molar-refractivity contribution in [3.63, 3.8) is 0 Å². The van der Waals surface area contributed by atoms with Gasteiger partial charge in [-0.2, -0.15) is 0 Å². The molecule has 1 heterocycles. The molecule has 0 atom stereocenters. The van der Waals surface area contributed by atoms with Gasteiger partial charge in [-0.25, -0.2) is 4.99 Å². The number of aryl methyl sites for hydroxylation is 2. The minimum atomic E-state index is -0.0354. The van der Waals surface area contributed by atoms with E-state index < -0.39 is 0 Å². The van der Waals surface area contributed by atoms with Crippen LogP contribution in [-0.2, 0) is 4.79 Å². The van der Waals surface area contributed by atoms with E-state index in [4.69, 9.17) is 9.73 Å². The Balaban J connectivity index is 1.96. The van der Waals surface area contributed by atoms with Crippen molar-refractivity contribution in [2.24, 2.45) is 4.99 Å². The molecule has 4 nitrogen and oxygen atoms in total. The number of rotatable bonds is 6. The van der Waals surface area contributed by atoms with E-state index in [0.29, 0.717) is 29.0 Å². The third-order valence-corrected chi connectivity index (χ3v) is 6.70. The Labute approximate surface area is 198 Å². The number of benzene rings is 2. The molecular formula is C23H22Br2N2O2S. The molecule has 0 bridgehead atoms. The van der Waals surface area contributed by atoms with E-state index in [9.17, 15) is 4.79 Å².